The molecule has 0 amide bonds. The number of benzene rings is 1. The number of aromatic hydroxyl groups is 1. The maximum atomic E-state index is 9.75. The minimum Gasteiger partial charge on any atom is -0.507 e. The molecule has 2 rings (SSSR count). The van der Waals surface area contributed by atoms with Gasteiger partial charge in [-0.2, -0.15) is 0 Å². The molecule has 0 atom stereocenters. The number of hydrogen-bond donors (Lipinski definition) is 2. The molecule has 84 valence electrons. The summed E-state index contributed by atoms with van der Waals surface area (Å²) in [6.07, 6.45) is 1.71. The van der Waals surface area contributed by atoms with Crippen molar-refractivity contribution >= 4 is 18.1 Å². The van der Waals surface area contributed by atoms with Gasteiger partial charge in [-0.3, -0.25) is 4.98 Å². The fourth-order valence-electron chi connectivity index (χ4n) is 1.52. The predicted molar refractivity (Wildman–Crippen MR) is 67.7 cm³/mol. The van der Waals surface area contributed by atoms with Crippen LogP contribution in [0.4, 0.5) is 5.69 Å². The van der Waals surface area contributed by atoms with E-state index in [2.05, 4.69) is 4.98 Å². The van der Waals surface area contributed by atoms with Gasteiger partial charge in [0.15, 0.2) is 0 Å². The Morgan fingerprint density at radius 3 is 2.62 bits per heavy atom. The molecule has 0 aliphatic carbocycles. The fourth-order valence-corrected chi connectivity index (χ4v) is 1.52. The molecule has 0 bridgehead atoms. The first-order valence-electron chi connectivity index (χ1n) is 4.69. The Bertz CT molecular complexity index is 500. The highest BCUT2D eigenvalue weighted by molar-refractivity contribution is 5.85. The molecule has 3 nitrogen and oxygen atoms in total. The molecule has 16 heavy (non-hydrogen) atoms. The lowest BCUT2D eigenvalue weighted by molar-refractivity contribution is 0.477. The van der Waals surface area contributed by atoms with E-state index < -0.39 is 0 Å². The average molecular weight is 237 g/mol. The summed E-state index contributed by atoms with van der Waals surface area (Å²) >= 11 is 0. The minimum atomic E-state index is 0. The van der Waals surface area contributed by atoms with E-state index in [0.717, 1.165) is 11.3 Å². The molecular weight excluding hydrogens is 224 g/mol. The number of halogens is 1. The van der Waals surface area contributed by atoms with Crippen molar-refractivity contribution in [3.8, 4) is 17.0 Å². The number of nitrogens with zero attached hydrogens (tertiary/aromatic N) is 1. The van der Waals surface area contributed by atoms with E-state index in [9.17, 15) is 5.11 Å². The van der Waals surface area contributed by atoms with Crippen molar-refractivity contribution in [2.75, 3.05) is 5.73 Å². The third kappa shape index (κ3) is 2.25. The first kappa shape index (κ1) is 12.3. The van der Waals surface area contributed by atoms with Crippen LogP contribution in [-0.2, 0) is 0 Å². The van der Waals surface area contributed by atoms with E-state index in [1.807, 2.05) is 19.1 Å². The second-order valence-electron chi connectivity index (χ2n) is 3.45. The first-order chi connectivity index (χ1) is 7.18. The lowest BCUT2D eigenvalue weighted by atomic mass is 10.1. The molecule has 0 aliphatic heterocycles. The number of phenolic OH excluding ortho intramolecular Hbond substituents is 1. The van der Waals surface area contributed by atoms with Gasteiger partial charge in [-0.1, -0.05) is 6.07 Å². The second kappa shape index (κ2) is 4.86. The number of aryl methyl sites for hydroxylation is 1. The third-order valence-corrected chi connectivity index (χ3v) is 2.29. The Kier molecular flexibility index (Phi) is 3.74. The number of hydrogen-bond acceptors (Lipinski definition) is 3. The third-order valence-electron chi connectivity index (χ3n) is 2.29. The highest BCUT2D eigenvalue weighted by atomic mass is 35.5. The Labute approximate surface area is 100 Å². The quantitative estimate of drug-likeness (QED) is 0.749. The van der Waals surface area contributed by atoms with E-state index in [1.165, 1.54) is 6.07 Å². The van der Waals surface area contributed by atoms with Gasteiger partial charge in [0, 0.05) is 23.5 Å². The standard InChI is InChI=1S/C12H12N2O.ClH/c1-8-3-2-6-14-12(8)10-5-4-9(13)7-11(10)15;/h2-7,15H,13H2,1H3;1H. The Morgan fingerprint density at radius 2 is 2.00 bits per heavy atom. The van der Waals surface area contributed by atoms with E-state index in [4.69, 9.17) is 5.73 Å². The van der Waals surface area contributed by atoms with E-state index >= 15 is 0 Å². The summed E-state index contributed by atoms with van der Waals surface area (Å²) in [4.78, 5) is 4.24. The normalized spacial score (nSPS) is 9.56. The molecule has 0 radical (unpaired) electrons. The van der Waals surface area contributed by atoms with Crippen LogP contribution in [0.3, 0.4) is 0 Å². The molecule has 0 aliphatic rings. The van der Waals surface area contributed by atoms with Crippen molar-refractivity contribution in [1.82, 2.24) is 4.98 Å². The van der Waals surface area contributed by atoms with Gasteiger partial charge in [0.1, 0.15) is 5.75 Å². The highest BCUT2D eigenvalue weighted by Gasteiger charge is 2.07. The van der Waals surface area contributed by atoms with Gasteiger partial charge in [0.25, 0.3) is 0 Å². The Hall–Kier alpha value is -1.74. The molecule has 4 heteroatoms. The zero-order valence-corrected chi connectivity index (χ0v) is 9.66. The number of pyridine rings is 1. The number of aromatic nitrogens is 1. The molecule has 3 N–H and O–H groups in total. The molecular formula is C12H13ClN2O. The lowest BCUT2D eigenvalue weighted by Crippen LogP contribution is -1.89. The van der Waals surface area contributed by atoms with Gasteiger partial charge < -0.3 is 10.8 Å². The topological polar surface area (TPSA) is 59.1 Å². The van der Waals surface area contributed by atoms with Crippen molar-refractivity contribution in [2.45, 2.75) is 6.92 Å². The number of phenols is 1. The molecule has 1 aromatic carbocycles. The highest BCUT2D eigenvalue weighted by Crippen LogP contribution is 2.30. The summed E-state index contributed by atoms with van der Waals surface area (Å²) in [5.41, 5.74) is 8.63. The van der Waals surface area contributed by atoms with E-state index in [0.29, 0.717) is 11.3 Å². The van der Waals surface area contributed by atoms with Gasteiger partial charge in [-0.25, -0.2) is 0 Å². The van der Waals surface area contributed by atoms with Crippen LogP contribution in [0.1, 0.15) is 5.56 Å². The second-order valence-corrected chi connectivity index (χ2v) is 3.45. The first-order valence-corrected chi connectivity index (χ1v) is 4.69. The van der Waals surface area contributed by atoms with Crippen molar-refractivity contribution in [1.29, 1.82) is 0 Å². The number of rotatable bonds is 1. The van der Waals surface area contributed by atoms with Crippen LogP contribution in [-0.4, -0.2) is 10.1 Å². The van der Waals surface area contributed by atoms with Crippen LogP contribution >= 0.6 is 12.4 Å². The fraction of sp³-hybridized carbons (Fsp3) is 0.0833. The molecule has 0 saturated carbocycles. The summed E-state index contributed by atoms with van der Waals surface area (Å²) in [6.45, 7) is 1.96. The van der Waals surface area contributed by atoms with Crippen LogP contribution < -0.4 is 5.73 Å². The van der Waals surface area contributed by atoms with Crippen LogP contribution in [0.5, 0.6) is 5.75 Å². The van der Waals surface area contributed by atoms with Gasteiger partial charge in [0.05, 0.1) is 5.69 Å². The summed E-state index contributed by atoms with van der Waals surface area (Å²) < 4.78 is 0. The van der Waals surface area contributed by atoms with Gasteiger partial charge >= 0.3 is 0 Å². The number of anilines is 1. The molecule has 0 saturated heterocycles. The maximum absolute atomic E-state index is 9.75. The van der Waals surface area contributed by atoms with E-state index in [1.54, 1.807) is 18.3 Å². The average Bonchev–Trinajstić information content (AvgIpc) is 2.20. The molecule has 2 aromatic rings. The van der Waals surface area contributed by atoms with Crippen LogP contribution in [0.2, 0.25) is 0 Å². The van der Waals surface area contributed by atoms with Crippen LogP contribution in [0.15, 0.2) is 36.5 Å². The van der Waals surface area contributed by atoms with Crippen molar-refractivity contribution in [2.24, 2.45) is 0 Å². The zero-order chi connectivity index (χ0) is 10.8. The smallest absolute Gasteiger partial charge is 0.127 e. The zero-order valence-electron chi connectivity index (χ0n) is 8.84. The molecule has 0 spiro atoms. The summed E-state index contributed by atoms with van der Waals surface area (Å²) in [6, 6.07) is 8.89. The minimum absolute atomic E-state index is 0. The molecule has 1 heterocycles. The molecule has 1 aromatic heterocycles. The Balaban J connectivity index is 0.00000128. The number of nitrogen functional groups attached to an aromatic ring is 1. The van der Waals surface area contributed by atoms with Gasteiger partial charge in [-0.05, 0) is 30.7 Å². The monoisotopic (exact) mass is 236 g/mol. The summed E-state index contributed by atoms with van der Waals surface area (Å²) in [5, 5.41) is 9.75. The predicted octanol–water partition coefficient (Wildman–Crippen LogP) is 2.77. The van der Waals surface area contributed by atoms with Crippen molar-refractivity contribution in [3.05, 3.63) is 42.1 Å². The molecule has 0 fully saturated rings. The SMILES string of the molecule is Cc1cccnc1-c1ccc(N)cc1O.Cl. The van der Waals surface area contributed by atoms with E-state index in [-0.39, 0.29) is 18.2 Å². The van der Waals surface area contributed by atoms with Crippen LogP contribution in [0, 0.1) is 6.92 Å². The summed E-state index contributed by atoms with van der Waals surface area (Å²) in [5.74, 6) is 0.164. The van der Waals surface area contributed by atoms with Gasteiger partial charge in [0.2, 0.25) is 0 Å². The van der Waals surface area contributed by atoms with Crippen molar-refractivity contribution < 1.29 is 5.11 Å². The van der Waals surface area contributed by atoms with Crippen molar-refractivity contribution in [3.63, 3.8) is 0 Å². The maximum Gasteiger partial charge on any atom is 0.127 e. The lowest BCUT2D eigenvalue weighted by Gasteiger charge is -2.07. The molecule has 0 unspecified atom stereocenters. The van der Waals surface area contributed by atoms with Gasteiger partial charge in [-0.15, -0.1) is 12.4 Å². The largest absolute Gasteiger partial charge is 0.507 e. The number of nitrogens with two attached hydrogens (primary N) is 1. The van der Waals surface area contributed by atoms with Crippen LogP contribution in [0.25, 0.3) is 11.3 Å². The summed E-state index contributed by atoms with van der Waals surface area (Å²) in [7, 11) is 0. The Morgan fingerprint density at radius 1 is 1.25 bits per heavy atom.